The average Bonchev–Trinajstić information content (AvgIpc) is 2.85. The van der Waals surface area contributed by atoms with Crippen LogP contribution in [0, 0.1) is 17.8 Å². The number of hydrogen-bond acceptors (Lipinski definition) is 2. The summed E-state index contributed by atoms with van der Waals surface area (Å²) in [5.74, 6) is 1.77. The van der Waals surface area contributed by atoms with Crippen LogP contribution in [0.3, 0.4) is 0 Å². The van der Waals surface area contributed by atoms with Gasteiger partial charge in [-0.05, 0) is 44.1 Å². The van der Waals surface area contributed by atoms with E-state index in [4.69, 9.17) is 5.73 Å². The van der Waals surface area contributed by atoms with Gasteiger partial charge in [0.1, 0.15) is 0 Å². The van der Waals surface area contributed by atoms with Crippen LogP contribution in [0.15, 0.2) is 0 Å². The van der Waals surface area contributed by atoms with Gasteiger partial charge in [-0.25, -0.2) is 0 Å². The fourth-order valence-electron chi connectivity index (χ4n) is 3.84. The van der Waals surface area contributed by atoms with Gasteiger partial charge in [0.15, 0.2) is 0 Å². The van der Waals surface area contributed by atoms with Crippen molar-refractivity contribution in [1.29, 1.82) is 0 Å². The Labute approximate surface area is 111 Å². The molecule has 1 amide bonds. The Kier molecular flexibility index (Phi) is 4.66. The van der Waals surface area contributed by atoms with E-state index in [-0.39, 0.29) is 5.92 Å². The second-order valence-electron chi connectivity index (χ2n) is 6.41. The third kappa shape index (κ3) is 2.87. The Morgan fingerprint density at radius 1 is 1.22 bits per heavy atom. The molecule has 0 aromatic carbocycles. The van der Waals surface area contributed by atoms with E-state index in [0.29, 0.717) is 24.4 Å². The summed E-state index contributed by atoms with van der Waals surface area (Å²) in [6, 6.07) is 0.472. The Morgan fingerprint density at radius 2 is 1.94 bits per heavy atom. The number of amides is 1. The predicted molar refractivity (Wildman–Crippen MR) is 74.1 cm³/mol. The number of nitrogens with two attached hydrogens (primary N) is 1. The van der Waals surface area contributed by atoms with Gasteiger partial charge in [0, 0.05) is 19.0 Å². The highest BCUT2D eigenvalue weighted by Crippen LogP contribution is 2.34. The Morgan fingerprint density at radius 3 is 2.61 bits per heavy atom. The third-order valence-corrected chi connectivity index (χ3v) is 5.08. The Bertz CT molecular complexity index is 292. The van der Waals surface area contributed by atoms with Crippen molar-refractivity contribution in [3.63, 3.8) is 0 Å². The lowest BCUT2D eigenvalue weighted by Gasteiger charge is -2.36. The van der Waals surface area contributed by atoms with Crippen LogP contribution in [0.25, 0.3) is 0 Å². The van der Waals surface area contributed by atoms with Crippen LogP contribution < -0.4 is 5.73 Å². The van der Waals surface area contributed by atoms with Gasteiger partial charge in [0.2, 0.25) is 5.91 Å². The smallest absolute Gasteiger partial charge is 0.225 e. The third-order valence-electron chi connectivity index (χ3n) is 5.08. The van der Waals surface area contributed by atoms with Crippen LogP contribution in [0.5, 0.6) is 0 Å². The molecular formula is C15H28N2O. The van der Waals surface area contributed by atoms with Gasteiger partial charge in [0.05, 0.1) is 0 Å². The summed E-state index contributed by atoms with van der Waals surface area (Å²) in [6.45, 7) is 2.98. The number of carbonyl (C=O) groups excluding carboxylic acids is 1. The zero-order chi connectivity index (χ0) is 13.1. The summed E-state index contributed by atoms with van der Waals surface area (Å²) < 4.78 is 0. The van der Waals surface area contributed by atoms with E-state index >= 15 is 0 Å². The first-order valence-electron chi connectivity index (χ1n) is 7.60. The molecule has 0 saturated heterocycles. The maximum absolute atomic E-state index is 12.6. The Hall–Kier alpha value is -0.570. The molecule has 0 aliphatic heterocycles. The molecule has 3 heteroatoms. The standard InChI is InChI=1S/C15H28N2O/c1-11-5-3-7-13(9-11)17(2)15(18)14-8-4-6-12(14)10-16/h11-14H,3-10,16H2,1-2H3/t11?,12-,13?,14-/m1/s1. The molecule has 2 fully saturated rings. The SMILES string of the molecule is CC1CCCC(N(C)C(=O)[C@@H]2CCC[C@@H]2CN)C1. The molecule has 2 saturated carbocycles. The van der Waals surface area contributed by atoms with Crippen LogP contribution >= 0.6 is 0 Å². The van der Waals surface area contributed by atoms with Crippen LogP contribution in [0.1, 0.15) is 51.9 Å². The monoisotopic (exact) mass is 252 g/mol. The number of carbonyl (C=O) groups is 1. The number of rotatable bonds is 3. The summed E-state index contributed by atoms with van der Waals surface area (Å²) in [4.78, 5) is 14.6. The van der Waals surface area contributed by atoms with Crippen molar-refractivity contribution >= 4 is 5.91 Å². The zero-order valence-corrected chi connectivity index (χ0v) is 11.9. The minimum atomic E-state index is 0.206. The summed E-state index contributed by atoms with van der Waals surface area (Å²) in [5.41, 5.74) is 5.79. The summed E-state index contributed by atoms with van der Waals surface area (Å²) >= 11 is 0. The molecule has 0 heterocycles. The molecule has 2 aliphatic rings. The van der Waals surface area contributed by atoms with Gasteiger partial charge in [-0.1, -0.05) is 26.2 Å². The molecular weight excluding hydrogens is 224 g/mol. The largest absolute Gasteiger partial charge is 0.343 e. The summed E-state index contributed by atoms with van der Waals surface area (Å²) in [6.07, 6.45) is 8.33. The van der Waals surface area contributed by atoms with Crippen molar-refractivity contribution in [2.45, 2.75) is 57.9 Å². The van der Waals surface area contributed by atoms with Gasteiger partial charge in [-0.3, -0.25) is 4.79 Å². The minimum absolute atomic E-state index is 0.206. The molecule has 2 rings (SSSR count). The van der Waals surface area contributed by atoms with Crippen molar-refractivity contribution in [3.05, 3.63) is 0 Å². The second kappa shape index (κ2) is 6.05. The quantitative estimate of drug-likeness (QED) is 0.838. The zero-order valence-electron chi connectivity index (χ0n) is 11.9. The number of nitrogens with zero attached hydrogens (tertiary/aromatic N) is 1. The maximum atomic E-state index is 12.6. The molecule has 0 bridgehead atoms. The average molecular weight is 252 g/mol. The van der Waals surface area contributed by atoms with Crippen molar-refractivity contribution in [1.82, 2.24) is 4.90 Å². The molecule has 2 unspecified atom stereocenters. The highest BCUT2D eigenvalue weighted by atomic mass is 16.2. The summed E-state index contributed by atoms with van der Waals surface area (Å²) in [5, 5.41) is 0. The lowest BCUT2D eigenvalue weighted by molar-refractivity contribution is -0.138. The first kappa shape index (κ1) is 13.9. The van der Waals surface area contributed by atoms with Gasteiger partial charge >= 0.3 is 0 Å². The van der Waals surface area contributed by atoms with Crippen molar-refractivity contribution in [2.24, 2.45) is 23.5 Å². The molecule has 104 valence electrons. The van der Waals surface area contributed by atoms with E-state index in [0.717, 1.165) is 18.8 Å². The van der Waals surface area contributed by atoms with E-state index in [1.165, 1.54) is 32.1 Å². The van der Waals surface area contributed by atoms with E-state index in [1.807, 2.05) is 11.9 Å². The topological polar surface area (TPSA) is 46.3 Å². The van der Waals surface area contributed by atoms with Crippen molar-refractivity contribution in [2.75, 3.05) is 13.6 Å². The van der Waals surface area contributed by atoms with Gasteiger partial charge in [-0.15, -0.1) is 0 Å². The van der Waals surface area contributed by atoms with Gasteiger partial charge < -0.3 is 10.6 Å². The molecule has 18 heavy (non-hydrogen) atoms. The molecule has 0 spiro atoms. The molecule has 4 atom stereocenters. The van der Waals surface area contributed by atoms with Crippen molar-refractivity contribution in [3.8, 4) is 0 Å². The van der Waals surface area contributed by atoms with E-state index < -0.39 is 0 Å². The van der Waals surface area contributed by atoms with E-state index in [1.54, 1.807) is 0 Å². The second-order valence-corrected chi connectivity index (χ2v) is 6.41. The highest BCUT2D eigenvalue weighted by Gasteiger charge is 2.36. The predicted octanol–water partition coefficient (Wildman–Crippen LogP) is 2.40. The molecule has 0 radical (unpaired) electrons. The molecule has 3 nitrogen and oxygen atoms in total. The molecule has 0 aromatic rings. The molecule has 0 aromatic heterocycles. The number of hydrogen-bond donors (Lipinski definition) is 1. The highest BCUT2D eigenvalue weighted by molar-refractivity contribution is 5.79. The van der Waals surface area contributed by atoms with Crippen molar-refractivity contribution < 1.29 is 4.79 Å². The normalized spacial score (nSPS) is 36.6. The van der Waals surface area contributed by atoms with Gasteiger partial charge in [-0.2, -0.15) is 0 Å². The first-order chi connectivity index (χ1) is 8.63. The Balaban J connectivity index is 1.95. The van der Waals surface area contributed by atoms with Crippen LogP contribution in [-0.2, 0) is 4.79 Å². The molecule has 2 N–H and O–H groups in total. The van der Waals surface area contributed by atoms with Crippen LogP contribution in [0.2, 0.25) is 0 Å². The lowest BCUT2D eigenvalue weighted by Crippen LogP contribution is -2.44. The lowest BCUT2D eigenvalue weighted by atomic mass is 9.85. The van der Waals surface area contributed by atoms with Gasteiger partial charge in [0.25, 0.3) is 0 Å². The minimum Gasteiger partial charge on any atom is -0.343 e. The first-order valence-corrected chi connectivity index (χ1v) is 7.60. The molecule has 2 aliphatic carbocycles. The fraction of sp³-hybridized carbons (Fsp3) is 0.933. The maximum Gasteiger partial charge on any atom is 0.225 e. The van der Waals surface area contributed by atoms with E-state index in [9.17, 15) is 4.79 Å². The van der Waals surface area contributed by atoms with Crippen LogP contribution in [0.4, 0.5) is 0 Å². The summed E-state index contributed by atoms with van der Waals surface area (Å²) in [7, 11) is 2.01. The van der Waals surface area contributed by atoms with Crippen LogP contribution in [-0.4, -0.2) is 30.4 Å². The van der Waals surface area contributed by atoms with E-state index in [2.05, 4.69) is 6.92 Å². The fourth-order valence-corrected chi connectivity index (χ4v) is 3.84.